The van der Waals surface area contributed by atoms with Gasteiger partial charge >= 0.3 is 0 Å². The normalized spacial score (nSPS) is 8.62. The van der Waals surface area contributed by atoms with Gasteiger partial charge in [0, 0.05) is 0 Å². The standard InChI is InChI=1S/C9H11NOS.CH3NOS/c1-2-7-5-3-4-6-8(7)11-9(10)12;2-1(3)4/h3-6H,2H2,1H3,(H2,10,12);(H3,2,3,4). The Hall–Kier alpha value is -1.27. The Morgan fingerprint density at radius 2 is 1.94 bits per heavy atom. The number of benzene rings is 1. The van der Waals surface area contributed by atoms with Crippen LogP contribution in [0.15, 0.2) is 24.3 Å². The van der Waals surface area contributed by atoms with Crippen molar-refractivity contribution in [2.24, 2.45) is 11.5 Å². The first-order valence-corrected chi connectivity index (χ1v) is 5.36. The van der Waals surface area contributed by atoms with Crippen molar-refractivity contribution in [1.82, 2.24) is 0 Å². The summed E-state index contributed by atoms with van der Waals surface area (Å²) >= 11 is 7.75. The summed E-state index contributed by atoms with van der Waals surface area (Å²) in [7, 11) is 0. The van der Waals surface area contributed by atoms with Crippen LogP contribution < -0.4 is 16.2 Å². The number of nitrogens with two attached hydrogens (primary N) is 2. The van der Waals surface area contributed by atoms with Gasteiger partial charge in [-0.15, -0.1) is 0 Å². The Bertz CT molecular complexity index is 366. The van der Waals surface area contributed by atoms with E-state index in [4.69, 9.17) is 15.3 Å². The number of aryl methyl sites for hydroxylation is 1. The maximum absolute atomic E-state index is 9.09. The largest absolute Gasteiger partial charge is 0.432 e. The van der Waals surface area contributed by atoms with Crippen LogP contribution in [0.1, 0.15) is 12.5 Å². The fourth-order valence-corrected chi connectivity index (χ4v) is 1.09. The van der Waals surface area contributed by atoms with E-state index < -0.39 is 5.24 Å². The molecule has 0 spiro atoms. The lowest BCUT2D eigenvalue weighted by Crippen LogP contribution is -2.16. The molecule has 0 aliphatic heterocycles. The molecule has 1 aromatic rings. The molecule has 16 heavy (non-hydrogen) atoms. The summed E-state index contributed by atoms with van der Waals surface area (Å²) in [5, 5.41) is -0.573. The highest BCUT2D eigenvalue weighted by Crippen LogP contribution is 2.17. The highest BCUT2D eigenvalue weighted by Gasteiger charge is 2.00. The zero-order chi connectivity index (χ0) is 12.6. The van der Waals surface area contributed by atoms with Crippen LogP contribution in [0.25, 0.3) is 0 Å². The Balaban J connectivity index is 0.000000487. The highest BCUT2D eigenvalue weighted by molar-refractivity contribution is 7.96. The van der Waals surface area contributed by atoms with E-state index in [-0.39, 0.29) is 5.17 Å². The van der Waals surface area contributed by atoms with Crippen molar-refractivity contribution in [3.63, 3.8) is 0 Å². The Morgan fingerprint density at radius 1 is 1.44 bits per heavy atom. The molecule has 0 aliphatic carbocycles. The summed E-state index contributed by atoms with van der Waals surface area (Å²) in [5.74, 6) is 0.757. The first kappa shape index (κ1) is 14.7. The van der Waals surface area contributed by atoms with E-state index in [2.05, 4.69) is 37.5 Å². The number of thiocarbonyl (C=S) groups is 1. The van der Waals surface area contributed by atoms with Gasteiger partial charge in [0.05, 0.1) is 0 Å². The number of hydrogen-bond acceptors (Lipinski definition) is 3. The minimum absolute atomic E-state index is 0.0656. The SMILES string of the molecule is CCc1ccccc1OC(N)=S.NC(=O)S. The van der Waals surface area contributed by atoms with Crippen LogP contribution in [0.4, 0.5) is 4.79 Å². The van der Waals surface area contributed by atoms with Crippen LogP contribution in [0.3, 0.4) is 0 Å². The van der Waals surface area contributed by atoms with Gasteiger partial charge in [0.25, 0.3) is 10.4 Å². The number of carbonyl (C=O) groups excluding carboxylic acids is 1. The first-order valence-electron chi connectivity index (χ1n) is 4.51. The second-order valence-electron chi connectivity index (χ2n) is 2.72. The van der Waals surface area contributed by atoms with Crippen LogP contribution in [0.2, 0.25) is 0 Å². The molecule has 0 aromatic heterocycles. The van der Waals surface area contributed by atoms with Crippen molar-refractivity contribution in [2.75, 3.05) is 0 Å². The highest BCUT2D eigenvalue weighted by atomic mass is 32.1. The minimum atomic E-state index is -0.639. The molecule has 0 fully saturated rings. The smallest absolute Gasteiger partial charge is 0.273 e. The van der Waals surface area contributed by atoms with Crippen LogP contribution in [0, 0.1) is 0 Å². The third-order valence-corrected chi connectivity index (χ3v) is 1.65. The second kappa shape index (κ2) is 7.95. The van der Waals surface area contributed by atoms with Gasteiger partial charge in [0.2, 0.25) is 0 Å². The lowest BCUT2D eigenvalue weighted by molar-refractivity contribution is 0.267. The van der Waals surface area contributed by atoms with Crippen LogP contribution >= 0.6 is 24.8 Å². The fraction of sp³-hybridized carbons (Fsp3) is 0.200. The van der Waals surface area contributed by atoms with Crippen molar-refractivity contribution < 1.29 is 9.53 Å². The van der Waals surface area contributed by atoms with E-state index in [0.717, 1.165) is 17.7 Å². The van der Waals surface area contributed by atoms with E-state index in [1.807, 2.05) is 24.3 Å². The summed E-state index contributed by atoms with van der Waals surface area (Å²) in [6, 6.07) is 7.71. The molecule has 0 radical (unpaired) electrons. The minimum Gasteiger partial charge on any atom is -0.432 e. The number of amides is 1. The summed E-state index contributed by atoms with van der Waals surface area (Å²) in [4.78, 5) is 9.09. The molecule has 0 heterocycles. The predicted molar refractivity (Wildman–Crippen MR) is 71.8 cm³/mol. The quantitative estimate of drug-likeness (QED) is 0.559. The van der Waals surface area contributed by atoms with Gasteiger partial charge in [-0.25, -0.2) is 0 Å². The summed E-state index contributed by atoms with van der Waals surface area (Å²) < 4.78 is 5.15. The van der Waals surface area contributed by atoms with E-state index in [0.29, 0.717) is 0 Å². The molecule has 88 valence electrons. The molecule has 0 bridgehead atoms. The molecule has 0 saturated heterocycles. The Morgan fingerprint density at radius 3 is 2.38 bits per heavy atom. The number of ether oxygens (including phenoxy) is 1. The lowest BCUT2D eigenvalue weighted by atomic mass is 10.1. The first-order chi connectivity index (χ1) is 7.47. The molecule has 0 atom stereocenters. The summed E-state index contributed by atoms with van der Waals surface area (Å²) in [6.45, 7) is 2.06. The van der Waals surface area contributed by atoms with Crippen LogP contribution in [-0.4, -0.2) is 10.4 Å². The fourth-order valence-electron chi connectivity index (χ4n) is 1.00. The number of carbonyl (C=O) groups is 1. The number of rotatable bonds is 2. The van der Waals surface area contributed by atoms with Crippen molar-refractivity contribution in [1.29, 1.82) is 0 Å². The number of para-hydroxylation sites is 1. The molecular formula is C10H14N2O2S2. The molecule has 1 amide bonds. The molecule has 0 unspecified atom stereocenters. The average molecular weight is 258 g/mol. The Labute approximate surface area is 105 Å². The third kappa shape index (κ3) is 7.08. The maximum atomic E-state index is 9.09. The summed E-state index contributed by atoms with van der Waals surface area (Å²) in [6.07, 6.45) is 0.915. The predicted octanol–water partition coefficient (Wildman–Crippen LogP) is 1.87. The van der Waals surface area contributed by atoms with Crippen LogP contribution in [-0.2, 0) is 6.42 Å². The van der Waals surface area contributed by atoms with E-state index in [1.165, 1.54) is 0 Å². The van der Waals surface area contributed by atoms with Crippen molar-refractivity contribution in [3.8, 4) is 5.75 Å². The lowest BCUT2D eigenvalue weighted by Gasteiger charge is -2.06. The van der Waals surface area contributed by atoms with E-state index in [9.17, 15) is 0 Å². The molecule has 6 heteroatoms. The topological polar surface area (TPSA) is 78.3 Å². The maximum Gasteiger partial charge on any atom is 0.273 e. The molecule has 1 aromatic carbocycles. The van der Waals surface area contributed by atoms with Crippen molar-refractivity contribution in [2.45, 2.75) is 13.3 Å². The van der Waals surface area contributed by atoms with Gasteiger partial charge in [-0.3, -0.25) is 4.79 Å². The second-order valence-corrected chi connectivity index (χ2v) is 3.56. The zero-order valence-electron chi connectivity index (χ0n) is 8.84. The van der Waals surface area contributed by atoms with Gasteiger partial charge < -0.3 is 16.2 Å². The van der Waals surface area contributed by atoms with Crippen LogP contribution in [0.5, 0.6) is 5.75 Å². The molecule has 4 nitrogen and oxygen atoms in total. The molecular weight excluding hydrogens is 244 g/mol. The van der Waals surface area contributed by atoms with Gasteiger partial charge in [0.15, 0.2) is 0 Å². The van der Waals surface area contributed by atoms with Crippen molar-refractivity contribution in [3.05, 3.63) is 29.8 Å². The van der Waals surface area contributed by atoms with Gasteiger partial charge in [-0.1, -0.05) is 37.8 Å². The molecule has 0 aliphatic rings. The van der Waals surface area contributed by atoms with Crippen molar-refractivity contribution >= 4 is 35.3 Å². The Kier molecular flexibility index (Phi) is 7.32. The van der Waals surface area contributed by atoms with Gasteiger partial charge in [-0.2, -0.15) is 0 Å². The monoisotopic (exact) mass is 258 g/mol. The third-order valence-electron chi connectivity index (χ3n) is 1.56. The number of thiol groups is 1. The van der Waals surface area contributed by atoms with Gasteiger partial charge in [-0.05, 0) is 30.3 Å². The molecule has 4 N–H and O–H groups in total. The van der Waals surface area contributed by atoms with E-state index >= 15 is 0 Å². The zero-order valence-corrected chi connectivity index (χ0v) is 10.6. The summed E-state index contributed by atoms with van der Waals surface area (Å²) in [5.41, 5.74) is 10.7. The molecule has 1 rings (SSSR count). The van der Waals surface area contributed by atoms with Gasteiger partial charge in [0.1, 0.15) is 5.75 Å². The average Bonchev–Trinajstić information content (AvgIpc) is 2.17. The van der Waals surface area contributed by atoms with E-state index in [1.54, 1.807) is 0 Å². The number of primary amides is 1. The number of hydrogen-bond donors (Lipinski definition) is 3. The molecule has 0 saturated carbocycles.